The number of phenolic OH excluding ortho intramolecular Hbond substituents is 2. The van der Waals surface area contributed by atoms with Gasteiger partial charge < -0.3 is 20.0 Å². The molecule has 2 aromatic rings. The number of aromatic hydroxyl groups is 2. The molecule has 0 aromatic heterocycles. The molecule has 1 aliphatic rings. The van der Waals surface area contributed by atoms with Gasteiger partial charge in [0.05, 0.1) is 11.1 Å². The minimum absolute atomic E-state index is 0.0625. The van der Waals surface area contributed by atoms with Crippen LogP contribution in [-0.2, 0) is 23.9 Å². The Balaban J connectivity index is 2.13. The number of hydrogen-bond donors (Lipinski definition) is 2. The van der Waals surface area contributed by atoms with Crippen LogP contribution in [0, 0.1) is 0 Å². The third-order valence-corrected chi connectivity index (χ3v) is 7.88. The van der Waals surface area contributed by atoms with E-state index in [-0.39, 0.29) is 10.8 Å². The number of nitrogens with zero attached hydrogens (tertiary/aromatic N) is 4. The first kappa shape index (κ1) is 32.8. The molecule has 1 aliphatic heterocycles. The number of hydrogen-bond acceptors (Lipinski definition) is 6. The number of fused-ring (bicyclic) bond motifs is 4. The highest BCUT2D eigenvalue weighted by Crippen LogP contribution is 2.34. The molecule has 1 heterocycles. The molecule has 0 atom stereocenters. The molecule has 0 radical (unpaired) electrons. The van der Waals surface area contributed by atoms with E-state index in [9.17, 15) is 10.2 Å². The Kier molecular flexibility index (Phi) is 9.51. The van der Waals surface area contributed by atoms with Gasteiger partial charge in [0.25, 0.3) is 0 Å². The zero-order valence-corrected chi connectivity index (χ0v) is 27.7. The number of likely N-dealkylation sites (N-methyl/N-ethyl adjacent to an activating group) is 2. The average molecular weight is 563 g/mol. The van der Waals surface area contributed by atoms with Crippen LogP contribution in [0.25, 0.3) is 0 Å². The Labute approximate surface area is 249 Å². The van der Waals surface area contributed by atoms with Gasteiger partial charge in [0.15, 0.2) is 0 Å². The van der Waals surface area contributed by atoms with E-state index < -0.39 is 11.1 Å². The molecule has 41 heavy (non-hydrogen) atoms. The fourth-order valence-electron chi connectivity index (χ4n) is 5.46. The molecule has 0 aliphatic carbocycles. The van der Waals surface area contributed by atoms with Gasteiger partial charge in [0.1, 0.15) is 11.5 Å². The van der Waals surface area contributed by atoms with Gasteiger partial charge in [-0.2, -0.15) is 0 Å². The van der Waals surface area contributed by atoms with Crippen LogP contribution in [0.3, 0.4) is 0 Å². The summed E-state index contributed by atoms with van der Waals surface area (Å²) in [6.07, 6.45) is 4.36. The van der Waals surface area contributed by atoms with Gasteiger partial charge in [-0.3, -0.25) is 9.98 Å². The molecule has 2 aromatic carbocycles. The highest BCUT2D eigenvalue weighted by atomic mass is 16.3. The van der Waals surface area contributed by atoms with Crippen LogP contribution in [0.1, 0.15) is 109 Å². The summed E-state index contributed by atoms with van der Waals surface area (Å²) in [6, 6.07) is 8.41. The van der Waals surface area contributed by atoms with E-state index in [4.69, 9.17) is 9.98 Å². The van der Waals surface area contributed by atoms with Crippen molar-refractivity contribution in [2.24, 2.45) is 9.98 Å². The summed E-state index contributed by atoms with van der Waals surface area (Å²) in [5.41, 5.74) is 4.70. The van der Waals surface area contributed by atoms with Crippen molar-refractivity contribution in [1.82, 2.24) is 9.80 Å². The fraction of sp³-hybridized carbons (Fsp3) is 0.600. The molecule has 0 saturated carbocycles. The number of benzene rings is 2. The standard InChI is InChI=1S/C35H54N4O2/c1-32(2,3)28-15-24-19-36-34(7,8)23-35(9,10)37-20-25-16-29(33(4,5)6)18-27(31(25)41)22-39(12)14-13-38(11)21-26(17-28)30(24)40/h15-20,40-41H,13-14,21-23H2,1-12H3. The van der Waals surface area contributed by atoms with Crippen molar-refractivity contribution >= 4 is 12.4 Å². The van der Waals surface area contributed by atoms with Crippen molar-refractivity contribution < 1.29 is 10.2 Å². The second-order valence-corrected chi connectivity index (χ2v) is 15.4. The first-order chi connectivity index (χ1) is 18.7. The smallest absolute Gasteiger partial charge is 0.128 e. The molecular formula is C35H54N4O2. The second kappa shape index (κ2) is 11.9. The molecule has 0 saturated heterocycles. The summed E-state index contributed by atoms with van der Waals surface area (Å²) in [4.78, 5) is 14.4. The predicted octanol–water partition coefficient (Wildman–Crippen LogP) is 7.06. The van der Waals surface area contributed by atoms with Crippen LogP contribution in [0.15, 0.2) is 34.3 Å². The van der Waals surface area contributed by atoms with Crippen molar-refractivity contribution in [3.05, 3.63) is 57.6 Å². The molecule has 226 valence electrons. The predicted molar refractivity (Wildman–Crippen MR) is 174 cm³/mol. The number of aliphatic imine (C=N–C) groups is 2. The molecule has 0 unspecified atom stereocenters. The quantitative estimate of drug-likeness (QED) is 0.361. The monoisotopic (exact) mass is 562 g/mol. The molecular weight excluding hydrogens is 508 g/mol. The van der Waals surface area contributed by atoms with Crippen LogP contribution in [0.4, 0.5) is 0 Å². The minimum Gasteiger partial charge on any atom is -0.507 e. The Hall–Kier alpha value is -2.70. The fourth-order valence-corrected chi connectivity index (χ4v) is 5.46. The first-order valence-electron chi connectivity index (χ1n) is 14.9. The van der Waals surface area contributed by atoms with Crippen LogP contribution in [0.2, 0.25) is 0 Å². The largest absolute Gasteiger partial charge is 0.507 e. The summed E-state index contributed by atoms with van der Waals surface area (Å²) in [5.74, 6) is 0.590. The van der Waals surface area contributed by atoms with E-state index in [0.29, 0.717) is 31.0 Å². The summed E-state index contributed by atoms with van der Waals surface area (Å²) < 4.78 is 0. The normalized spacial score (nSPS) is 19.4. The van der Waals surface area contributed by atoms with E-state index in [0.717, 1.165) is 35.3 Å². The molecule has 0 spiro atoms. The van der Waals surface area contributed by atoms with Gasteiger partial charge in [-0.1, -0.05) is 53.7 Å². The van der Waals surface area contributed by atoms with E-state index in [1.54, 1.807) is 0 Å². The zero-order chi connectivity index (χ0) is 31.0. The molecule has 0 fully saturated rings. The highest BCUT2D eigenvalue weighted by molar-refractivity contribution is 5.86. The third-order valence-electron chi connectivity index (χ3n) is 7.88. The molecule has 0 amide bonds. The highest BCUT2D eigenvalue weighted by Gasteiger charge is 2.28. The molecule has 2 N–H and O–H groups in total. The van der Waals surface area contributed by atoms with Crippen molar-refractivity contribution in [2.45, 2.75) is 111 Å². The van der Waals surface area contributed by atoms with E-state index in [1.807, 2.05) is 12.4 Å². The van der Waals surface area contributed by atoms with Crippen molar-refractivity contribution in [3.63, 3.8) is 0 Å². The molecule has 6 heteroatoms. The van der Waals surface area contributed by atoms with Crippen LogP contribution in [-0.4, -0.2) is 70.7 Å². The minimum atomic E-state index is -0.423. The van der Waals surface area contributed by atoms with E-state index in [2.05, 4.69) is 117 Å². The van der Waals surface area contributed by atoms with Crippen LogP contribution < -0.4 is 0 Å². The summed E-state index contributed by atoms with van der Waals surface area (Å²) >= 11 is 0. The maximum Gasteiger partial charge on any atom is 0.128 e. The van der Waals surface area contributed by atoms with E-state index >= 15 is 0 Å². The number of rotatable bonds is 0. The lowest BCUT2D eigenvalue weighted by molar-refractivity contribution is 0.243. The lowest BCUT2D eigenvalue weighted by atomic mass is 9.84. The maximum atomic E-state index is 11.3. The average Bonchev–Trinajstić information content (AvgIpc) is 2.81. The Morgan fingerprint density at radius 3 is 1.29 bits per heavy atom. The topological polar surface area (TPSA) is 71.7 Å². The van der Waals surface area contributed by atoms with Gasteiger partial charge in [-0.15, -0.1) is 0 Å². The lowest BCUT2D eigenvalue weighted by Gasteiger charge is -2.29. The SMILES string of the molecule is CN1CCN(C)Cc2cc(C(C)(C)C)cc(c2O)C=NC(C)(C)CC(C)(C)N=Cc2cc(C(C)(C)C)cc(c2O)C1. The van der Waals surface area contributed by atoms with Gasteiger partial charge in [-0.05, 0) is 82.3 Å². The first-order valence-corrected chi connectivity index (χ1v) is 14.9. The van der Waals surface area contributed by atoms with E-state index in [1.165, 1.54) is 11.1 Å². The lowest BCUT2D eigenvalue weighted by Crippen LogP contribution is -2.30. The number of phenols is 2. The Morgan fingerprint density at radius 1 is 0.634 bits per heavy atom. The van der Waals surface area contributed by atoms with Gasteiger partial charge in [0, 0.05) is 60.9 Å². The van der Waals surface area contributed by atoms with Crippen LogP contribution >= 0.6 is 0 Å². The summed E-state index contributed by atoms with van der Waals surface area (Å²) in [7, 11) is 4.18. The summed E-state index contributed by atoms with van der Waals surface area (Å²) in [6.45, 7) is 24.5. The molecule has 6 nitrogen and oxygen atoms in total. The summed E-state index contributed by atoms with van der Waals surface area (Å²) in [5, 5.41) is 22.7. The van der Waals surface area contributed by atoms with Gasteiger partial charge >= 0.3 is 0 Å². The second-order valence-electron chi connectivity index (χ2n) is 15.4. The zero-order valence-electron chi connectivity index (χ0n) is 27.7. The Bertz CT molecular complexity index is 1190. The van der Waals surface area contributed by atoms with Gasteiger partial charge in [0.2, 0.25) is 0 Å². The molecule has 3 rings (SSSR count). The maximum absolute atomic E-state index is 11.3. The van der Waals surface area contributed by atoms with Gasteiger partial charge in [-0.25, -0.2) is 0 Å². The van der Waals surface area contributed by atoms with Crippen molar-refractivity contribution in [1.29, 1.82) is 0 Å². The van der Waals surface area contributed by atoms with Crippen molar-refractivity contribution in [2.75, 3.05) is 27.2 Å². The Morgan fingerprint density at radius 2 is 0.976 bits per heavy atom. The molecule has 4 bridgehead atoms. The van der Waals surface area contributed by atoms with Crippen LogP contribution in [0.5, 0.6) is 11.5 Å². The third kappa shape index (κ3) is 8.89. The van der Waals surface area contributed by atoms with Crippen molar-refractivity contribution in [3.8, 4) is 11.5 Å².